The minimum absolute atomic E-state index is 0. The van der Waals surface area contributed by atoms with Gasteiger partial charge in [-0.15, -0.1) is 0 Å². The molecule has 0 atom stereocenters. The Hall–Kier alpha value is 2.18. The van der Waals surface area contributed by atoms with E-state index in [1.165, 1.54) is 0 Å². The molecule has 0 amide bonds. The number of hydrogen-bond acceptors (Lipinski definition) is 6. The van der Waals surface area contributed by atoms with Gasteiger partial charge in [-0.3, -0.25) is 0 Å². The van der Waals surface area contributed by atoms with E-state index in [1.807, 2.05) is 0 Å². The van der Waals surface area contributed by atoms with E-state index >= 15 is 0 Å². The zero-order valence-electron chi connectivity index (χ0n) is 5.77. The van der Waals surface area contributed by atoms with Gasteiger partial charge in [0.2, 0.25) is 0 Å². The summed E-state index contributed by atoms with van der Waals surface area (Å²) in [6, 6.07) is 0. The number of hydrogen-bond donors (Lipinski definition) is 0. The molecule has 58 valence electrons. The van der Waals surface area contributed by atoms with Crippen molar-refractivity contribution >= 4 is 36.5 Å². The van der Waals surface area contributed by atoms with Crippen LogP contribution in [0, 0.1) is 0 Å². The van der Waals surface area contributed by atoms with Crippen molar-refractivity contribution in [3.05, 3.63) is 0 Å². The first-order valence-electron chi connectivity index (χ1n) is 1.22. The first-order valence-corrected chi connectivity index (χ1v) is 4.36. The molecule has 0 spiro atoms. The molecule has 7 nitrogen and oxygen atoms in total. The van der Waals surface area contributed by atoms with Gasteiger partial charge in [-0.2, -0.15) is 0 Å². The van der Waals surface area contributed by atoms with E-state index in [2.05, 4.69) is 0 Å². The molecule has 0 aliphatic rings. The molecule has 0 unspecified atom stereocenters. The molecule has 0 rings (SSSR count). The Labute approximate surface area is 123 Å². The molecule has 0 bridgehead atoms. The standard InChI is InChI=1S/O3Si.4O.Pb.Ti.2Zn/c1-4(2)3;;;;;;;;/q-2;;-2;2*-1;+2;;2*+2. The van der Waals surface area contributed by atoms with Gasteiger partial charge in [0.1, 0.15) is 0 Å². The van der Waals surface area contributed by atoms with Crippen LogP contribution in [0.5, 0.6) is 0 Å². The van der Waals surface area contributed by atoms with E-state index in [-0.39, 0.29) is 71.7 Å². The van der Waals surface area contributed by atoms with Gasteiger partial charge in [-0.1, -0.05) is 0 Å². The molecule has 0 fully saturated rings. The molecule has 0 aromatic carbocycles. The Morgan fingerprint density at radius 2 is 1.08 bits per heavy atom. The van der Waals surface area contributed by atoms with Crippen molar-refractivity contribution in [2.75, 3.05) is 0 Å². The molecule has 2 radical (unpaired) electrons. The fourth-order valence-corrected chi connectivity index (χ4v) is 0. The van der Waals surface area contributed by atoms with E-state index < -0.39 is 27.8 Å². The van der Waals surface area contributed by atoms with Crippen LogP contribution in [0.3, 0.4) is 0 Å². The summed E-state index contributed by atoms with van der Waals surface area (Å²) in [7, 11) is -3.63. The van der Waals surface area contributed by atoms with Gasteiger partial charge in [0.25, 0.3) is 0 Å². The molecule has 0 aliphatic carbocycles. The largest absolute Gasteiger partial charge is 2.00 e. The van der Waals surface area contributed by atoms with Crippen molar-refractivity contribution in [3.63, 3.8) is 0 Å². The van der Waals surface area contributed by atoms with Crippen molar-refractivity contribution in [1.82, 2.24) is 0 Å². The van der Waals surface area contributed by atoms with Crippen molar-refractivity contribution in [1.29, 1.82) is 0 Å². The second-order valence-electron chi connectivity index (χ2n) is 0.500. The van der Waals surface area contributed by atoms with Crippen molar-refractivity contribution in [3.8, 4) is 0 Å². The first-order chi connectivity index (χ1) is 3.46. The van der Waals surface area contributed by atoms with E-state index in [0.29, 0.717) is 0 Å². The fraction of sp³-hybridized carbons (Fsp3) is 0. The quantitative estimate of drug-likeness (QED) is 0.287. The Morgan fingerprint density at radius 3 is 1.08 bits per heavy atom. The van der Waals surface area contributed by atoms with E-state index in [9.17, 15) is 0 Å². The summed E-state index contributed by atoms with van der Waals surface area (Å²) >= 11 is -4.08. The van der Waals surface area contributed by atoms with Crippen LogP contribution < -0.4 is 17.0 Å². The third-order valence-corrected chi connectivity index (χ3v) is 0. The normalized spacial score (nSPS) is 4.17. The minimum atomic E-state index is -4.08. The van der Waals surface area contributed by atoms with Gasteiger partial charge in [-0.25, -0.2) is 0 Å². The van der Waals surface area contributed by atoms with Gasteiger partial charge in [-0.05, 0) is 0 Å². The Kier molecular flexibility index (Phi) is 89.6. The Balaban J connectivity index is -0.0000000112. The van der Waals surface area contributed by atoms with Crippen LogP contribution in [-0.2, 0) is 70.8 Å². The second kappa shape index (κ2) is 29.2. The monoisotopic (exact) mass is 524 g/mol. The zero-order chi connectivity index (χ0) is 7.15. The van der Waals surface area contributed by atoms with E-state index in [1.54, 1.807) is 0 Å². The molecule has 0 aromatic heterocycles. The van der Waals surface area contributed by atoms with Gasteiger partial charge >= 0.3 is 95.6 Å². The van der Waals surface area contributed by atoms with Crippen LogP contribution in [0.2, 0.25) is 0 Å². The van der Waals surface area contributed by atoms with Gasteiger partial charge in [0, 0.05) is 9.17 Å². The van der Waals surface area contributed by atoms with Crippen LogP contribution in [0.15, 0.2) is 0 Å². The predicted molar refractivity (Wildman–Crippen MR) is 13.6 cm³/mol. The molecule has 0 aliphatic heterocycles. The third-order valence-electron chi connectivity index (χ3n) is 0. The molecule has 0 saturated carbocycles. The van der Waals surface area contributed by atoms with Crippen LogP contribution in [0.1, 0.15) is 0 Å². The first kappa shape index (κ1) is 36.8. The molecule has 12 heavy (non-hydrogen) atoms. The summed E-state index contributed by atoms with van der Waals surface area (Å²) in [6.07, 6.45) is 0. The van der Waals surface area contributed by atoms with Crippen molar-refractivity contribution in [2.45, 2.75) is 0 Å². The summed E-state index contributed by atoms with van der Waals surface area (Å²) in [6.45, 7) is 0. The fourth-order valence-electron chi connectivity index (χ4n) is 0. The van der Waals surface area contributed by atoms with Crippen molar-refractivity contribution < 1.29 is 87.8 Å². The molecule has 0 saturated heterocycles. The predicted octanol–water partition coefficient (Wildman–Crippen LogP) is -5.88. The topological polar surface area (TPSA) is 155 Å². The molecule has 0 aromatic rings. The SMILES string of the molecule is O=[Si]([O-])[O-].[O-2].[O]=[Ti]([O-])[O-].[Pb+2].[Zn+2].[Zn+2]. The summed E-state index contributed by atoms with van der Waals surface area (Å²) < 4.78 is 34.3. The maximum absolute atomic E-state index is 8.58. The molecular formula is O7PbSiTiZn2. The molecular weight excluding hydrogens is 526 g/mol. The maximum atomic E-state index is 8.58. The average Bonchev–Trinajstić information content (AvgIpc) is 1.25. The van der Waals surface area contributed by atoms with Gasteiger partial charge in [0.15, 0.2) is 0 Å². The zero-order valence-corrected chi connectivity index (χ0v) is 18.2. The summed E-state index contributed by atoms with van der Waals surface area (Å²) in [5, 5.41) is 0. The van der Waals surface area contributed by atoms with Crippen LogP contribution in [0.25, 0.3) is 0 Å². The number of rotatable bonds is 0. The van der Waals surface area contributed by atoms with E-state index in [0.717, 1.165) is 0 Å². The summed E-state index contributed by atoms with van der Waals surface area (Å²) in [5.74, 6) is 0. The summed E-state index contributed by atoms with van der Waals surface area (Å²) in [4.78, 5) is 17.0. The third kappa shape index (κ3) is 320. The van der Waals surface area contributed by atoms with Gasteiger partial charge in [0.05, 0.1) is 0 Å². The Morgan fingerprint density at radius 1 is 1.08 bits per heavy atom. The van der Waals surface area contributed by atoms with Crippen molar-refractivity contribution in [2.24, 2.45) is 0 Å². The second-order valence-corrected chi connectivity index (χ2v) is 1.78. The van der Waals surface area contributed by atoms with E-state index in [4.69, 9.17) is 24.8 Å². The van der Waals surface area contributed by atoms with Gasteiger partial charge < -0.3 is 19.5 Å². The van der Waals surface area contributed by atoms with Crippen LogP contribution in [-0.4, -0.2) is 36.5 Å². The summed E-state index contributed by atoms with van der Waals surface area (Å²) in [5.41, 5.74) is 0. The average molecular weight is 526 g/mol. The molecule has 12 heteroatoms. The maximum Gasteiger partial charge on any atom is 2.00 e. The van der Waals surface area contributed by atoms with Crippen LogP contribution >= 0.6 is 0 Å². The Bertz CT molecular complexity index is 79.4. The molecule has 0 heterocycles. The minimum Gasteiger partial charge on any atom is 2.00 e. The van der Waals surface area contributed by atoms with Crippen LogP contribution in [0.4, 0.5) is 0 Å². The molecule has 0 N–H and O–H groups in total. The smallest absolute Gasteiger partial charge is 2.00 e.